The molecule has 2 aliphatic heterocycles. The average Bonchev–Trinajstić information content (AvgIpc) is 3.16. The lowest BCUT2D eigenvalue weighted by Gasteiger charge is -2.42. The van der Waals surface area contributed by atoms with Crippen molar-refractivity contribution in [3.05, 3.63) is 29.8 Å². The van der Waals surface area contributed by atoms with E-state index in [1.54, 1.807) is 0 Å². The highest BCUT2D eigenvalue weighted by molar-refractivity contribution is 5.76. The molecule has 2 fully saturated rings. The summed E-state index contributed by atoms with van der Waals surface area (Å²) in [5, 5.41) is 10.6. The van der Waals surface area contributed by atoms with Crippen LogP contribution in [0, 0.1) is 0 Å². The minimum atomic E-state index is -0.687. The number of hydrogen-bond acceptors (Lipinski definition) is 7. The summed E-state index contributed by atoms with van der Waals surface area (Å²) < 4.78 is 10.8. The highest BCUT2D eigenvalue weighted by Crippen LogP contribution is 2.23. The van der Waals surface area contributed by atoms with E-state index in [1.165, 1.54) is 0 Å². The zero-order valence-electron chi connectivity index (χ0n) is 17.1. The second-order valence-corrected chi connectivity index (χ2v) is 8.70. The van der Waals surface area contributed by atoms with Crippen molar-refractivity contribution in [1.29, 1.82) is 0 Å². The standard InChI is InChI=1S/C21H33N3O4/c1-21(2,3)28-20(26)18(22)12-15-4-6-16(7-5-15)24-10-9-23(13-19(24)25)17-8-11-27-14-17/h4-7,17-19,25H,8-14,22H2,1-3H3/t17-,18-,19-/m0/s1. The highest BCUT2D eigenvalue weighted by atomic mass is 16.6. The number of hydrogen-bond donors (Lipinski definition) is 2. The molecule has 156 valence electrons. The minimum absolute atomic E-state index is 0.390. The Hall–Kier alpha value is -1.67. The number of piperazine rings is 1. The molecule has 0 bridgehead atoms. The summed E-state index contributed by atoms with van der Waals surface area (Å²) in [5.74, 6) is -0.390. The normalized spacial score (nSPS) is 25.0. The number of anilines is 1. The fourth-order valence-corrected chi connectivity index (χ4v) is 3.77. The van der Waals surface area contributed by atoms with Crippen LogP contribution >= 0.6 is 0 Å². The maximum Gasteiger partial charge on any atom is 0.323 e. The van der Waals surface area contributed by atoms with Crippen molar-refractivity contribution < 1.29 is 19.4 Å². The van der Waals surface area contributed by atoms with Crippen LogP contribution in [0.3, 0.4) is 0 Å². The summed E-state index contributed by atoms with van der Waals surface area (Å²) in [6.45, 7) is 9.38. The Morgan fingerprint density at radius 1 is 1.32 bits per heavy atom. The number of ether oxygens (including phenoxy) is 2. The van der Waals surface area contributed by atoms with Crippen molar-refractivity contribution in [2.24, 2.45) is 5.73 Å². The third kappa shape index (κ3) is 5.44. The van der Waals surface area contributed by atoms with Gasteiger partial charge in [-0.05, 0) is 51.3 Å². The third-order valence-corrected chi connectivity index (χ3v) is 5.24. The van der Waals surface area contributed by atoms with Crippen LogP contribution in [-0.2, 0) is 20.7 Å². The maximum absolute atomic E-state index is 12.1. The number of carbonyl (C=O) groups excluding carboxylic acids is 1. The molecule has 3 N–H and O–H groups in total. The second-order valence-electron chi connectivity index (χ2n) is 8.70. The fourth-order valence-electron chi connectivity index (χ4n) is 3.77. The highest BCUT2D eigenvalue weighted by Gasteiger charge is 2.31. The number of β-amino-alcohol motifs (C(OH)–C–C–N with tert-alkyl or cyclic N) is 1. The number of carbonyl (C=O) groups is 1. The molecular weight excluding hydrogens is 358 g/mol. The van der Waals surface area contributed by atoms with Crippen LogP contribution in [0.5, 0.6) is 0 Å². The van der Waals surface area contributed by atoms with E-state index in [2.05, 4.69) is 4.90 Å². The van der Waals surface area contributed by atoms with Crippen LogP contribution in [0.2, 0.25) is 0 Å². The number of nitrogens with two attached hydrogens (primary N) is 1. The van der Waals surface area contributed by atoms with Gasteiger partial charge in [0, 0.05) is 38.0 Å². The topological polar surface area (TPSA) is 88.3 Å². The molecule has 0 radical (unpaired) electrons. The summed E-state index contributed by atoms with van der Waals surface area (Å²) in [4.78, 5) is 16.4. The lowest BCUT2D eigenvalue weighted by molar-refractivity contribution is -0.156. The monoisotopic (exact) mass is 391 g/mol. The number of aliphatic hydroxyl groups excluding tert-OH is 1. The van der Waals surface area contributed by atoms with Gasteiger partial charge in [-0.25, -0.2) is 0 Å². The maximum atomic E-state index is 12.1. The first-order valence-corrected chi connectivity index (χ1v) is 10.1. The first-order chi connectivity index (χ1) is 13.2. The van der Waals surface area contributed by atoms with Gasteiger partial charge >= 0.3 is 5.97 Å². The zero-order valence-corrected chi connectivity index (χ0v) is 17.1. The number of esters is 1. The van der Waals surface area contributed by atoms with Crippen LogP contribution in [0.1, 0.15) is 32.8 Å². The molecule has 0 aliphatic carbocycles. The van der Waals surface area contributed by atoms with Gasteiger partial charge in [-0.15, -0.1) is 0 Å². The van der Waals surface area contributed by atoms with Crippen LogP contribution in [0.15, 0.2) is 24.3 Å². The molecule has 28 heavy (non-hydrogen) atoms. The molecule has 3 rings (SSSR count). The van der Waals surface area contributed by atoms with Crippen LogP contribution < -0.4 is 10.6 Å². The molecule has 7 heteroatoms. The van der Waals surface area contributed by atoms with Gasteiger partial charge < -0.3 is 25.2 Å². The van der Waals surface area contributed by atoms with Gasteiger partial charge in [-0.3, -0.25) is 9.69 Å². The van der Waals surface area contributed by atoms with Gasteiger partial charge in [-0.2, -0.15) is 0 Å². The molecule has 2 heterocycles. The van der Waals surface area contributed by atoms with Crippen molar-refractivity contribution in [3.8, 4) is 0 Å². The smallest absolute Gasteiger partial charge is 0.323 e. The predicted molar refractivity (Wildman–Crippen MR) is 108 cm³/mol. The van der Waals surface area contributed by atoms with Crippen molar-refractivity contribution in [2.45, 2.75) is 57.5 Å². The summed E-state index contributed by atoms with van der Waals surface area (Å²) >= 11 is 0. The Kier molecular flexibility index (Phi) is 6.60. The Bertz CT molecular complexity index is 653. The SMILES string of the molecule is CC(C)(C)OC(=O)[C@@H](N)Cc1ccc(N2CCN([C@H]3CCOC3)C[C@@H]2O)cc1. The first kappa shape index (κ1) is 21.0. The first-order valence-electron chi connectivity index (χ1n) is 10.1. The van der Waals surface area contributed by atoms with E-state index in [-0.39, 0.29) is 5.97 Å². The molecule has 0 spiro atoms. The van der Waals surface area contributed by atoms with Crippen molar-refractivity contribution in [3.63, 3.8) is 0 Å². The van der Waals surface area contributed by atoms with Gasteiger partial charge in [0.05, 0.1) is 6.61 Å². The lowest BCUT2D eigenvalue weighted by Crippen LogP contribution is -2.56. The summed E-state index contributed by atoms with van der Waals surface area (Å²) in [6.07, 6.45) is 0.927. The molecule has 0 saturated carbocycles. The Morgan fingerprint density at radius 2 is 2.04 bits per heavy atom. The molecule has 2 aliphatic rings. The molecule has 0 amide bonds. The number of nitrogens with zero attached hydrogens (tertiary/aromatic N) is 2. The zero-order chi connectivity index (χ0) is 20.3. The molecule has 0 aromatic heterocycles. The number of aliphatic hydroxyl groups is 1. The molecule has 1 aromatic rings. The minimum Gasteiger partial charge on any atom is -0.459 e. The Morgan fingerprint density at radius 3 is 2.61 bits per heavy atom. The van der Waals surface area contributed by atoms with Gasteiger partial charge in [0.25, 0.3) is 0 Å². The molecule has 1 aromatic carbocycles. The molecule has 0 unspecified atom stereocenters. The van der Waals surface area contributed by atoms with E-state index in [0.29, 0.717) is 19.0 Å². The van der Waals surface area contributed by atoms with Gasteiger partial charge in [0.15, 0.2) is 0 Å². The van der Waals surface area contributed by atoms with E-state index in [1.807, 2.05) is 49.9 Å². The second kappa shape index (κ2) is 8.78. The molecule has 2 saturated heterocycles. The Balaban J connectivity index is 1.54. The summed E-state index contributed by atoms with van der Waals surface area (Å²) in [6, 6.07) is 7.62. The largest absolute Gasteiger partial charge is 0.459 e. The van der Waals surface area contributed by atoms with Crippen molar-refractivity contribution in [2.75, 3.05) is 37.7 Å². The van der Waals surface area contributed by atoms with Crippen LogP contribution in [0.25, 0.3) is 0 Å². The van der Waals surface area contributed by atoms with E-state index in [9.17, 15) is 9.90 Å². The number of rotatable bonds is 5. The summed E-state index contributed by atoms with van der Waals surface area (Å²) in [7, 11) is 0. The van der Waals surface area contributed by atoms with E-state index in [0.717, 1.165) is 44.0 Å². The predicted octanol–water partition coefficient (Wildman–Crippen LogP) is 1.13. The molecule has 3 atom stereocenters. The van der Waals surface area contributed by atoms with Crippen molar-refractivity contribution >= 4 is 11.7 Å². The van der Waals surface area contributed by atoms with E-state index in [4.69, 9.17) is 15.2 Å². The molecular formula is C21H33N3O4. The van der Waals surface area contributed by atoms with Crippen LogP contribution in [-0.4, -0.2) is 72.7 Å². The quantitative estimate of drug-likeness (QED) is 0.728. The van der Waals surface area contributed by atoms with Gasteiger partial charge in [0.2, 0.25) is 0 Å². The number of benzene rings is 1. The van der Waals surface area contributed by atoms with Gasteiger partial charge in [0.1, 0.15) is 17.9 Å². The van der Waals surface area contributed by atoms with Crippen LogP contribution in [0.4, 0.5) is 5.69 Å². The molecule has 7 nitrogen and oxygen atoms in total. The van der Waals surface area contributed by atoms with E-state index >= 15 is 0 Å². The average molecular weight is 392 g/mol. The van der Waals surface area contributed by atoms with Gasteiger partial charge in [-0.1, -0.05) is 12.1 Å². The fraction of sp³-hybridized carbons (Fsp3) is 0.667. The Labute approximate surface area is 167 Å². The van der Waals surface area contributed by atoms with E-state index < -0.39 is 17.9 Å². The van der Waals surface area contributed by atoms with Crippen molar-refractivity contribution in [1.82, 2.24) is 4.90 Å². The lowest BCUT2D eigenvalue weighted by atomic mass is 10.1. The third-order valence-electron chi connectivity index (χ3n) is 5.24. The summed E-state index contributed by atoms with van der Waals surface area (Å²) in [5.41, 5.74) is 7.40.